The Morgan fingerprint density at radius 2 is 1.09 bits per heavy atom. The number of anilines is 1. The summed E-state index contributed by atoms with van der Waals surface area (Å²) in [5, 5.41) is 9.05. The minimum atomic E-state index is -0.682. The zero-order chi connectivity index (χ0) is 31.8. The van der Waals surface area contributed by atoms with Crippen molar-refractivity contribution in [1.29, 1.82) is 0 Å². The van der Waals surface area contributed by atoms with E-state index in [1.165, 1.54) is 0 Å². The van der Waals surface area contributed by atoms with E-state index >= 15 is 0 Å². The van der Waals surface area contributed by atoms with Crippen LogP contribution >= 0.6 is 0 Å². The fourth-order valence-corrected chi connectivity index (χ4v) is 4.98. The summed E-state index contributed by atoms with van der Waals surface area (Å²) < 4.78 is 7.79. The average Bonchev–Trinajstić information content (AvgIpc) is 3.88. The third kappa shape index (κ3) is 8.20. The second-order valence-corrected chi connectivity index (χ2v) is 10.7. The van der Waals surface area contributed by atoms with Crippen molar-refractivity contribution in [3.05, 3.63) is 92.3 Å². The number of nitrogens with zero attached hydrogens (tertiary/aromatic N) is 11. The van der Waals surface area contributed by atoms with E-state index in [-0.39, 0.29) is 25.7 Å². The molecule has 0 amide bonds. The number of carboxylic acid groups (broad SMARTS) is 1. The molecule has 6 aromatic heterocycles. The molecule has 1 saturated heterocycles. The third-order valence-electron chi connectivity index (χ3n) is 7.56. The molecule has 46 heavy (non-hydrogen) atoms. The van der Waals surface area contributed by atoms with Crippen LogP contribution < -0.4 is 4.90 Å². The molecule has 0 radical (unpaired) electrons. The van der Waals surface area contributed by atoms with Gasteiger partial charge in [-0.05, 0) is 37.1 Å². The SMILES string of the molecule is Cn1ccnc1-c1nccn1C.Cn1ccnc1-c1nccn1C.O=C(O)C1CCN(c2ccnc(-c3ccccn3)c2)CC1.[Os]. The summed E-state index contributed by atoms with van der Waals surface area (Å²) in [7, 11) is 7.82. The molecule has 0 aromatic carbocycles. The summed E-state index contributed by atoms with van der Waals surface area (Å²) in [5.74, 6) is 2.67. The van der Waals surface area contributed by atoms with Crippen molar-refractivity contribution < 1.29 is 29.7 Å². The van der Waals surface area contributed by atoms with Crippen LogP contribution in [0.5, 0.6) is 0 Å². The number of rotatable bonds is 5. The Morgan fingerprint density at radius 1 is 0.630 bits per heavy atom. The average molecular weight is 798 g/mol. The largest absolute Gasteiger partial charge is 0.481 e. The van der Waals surface area contributed by atoms with E-state index in [2.05, 4.69) is 34.8 Å². The molecule has 7 heterocycles. The van der Waals surface area contributed by atoms with Crippen molar-refractivity contribution >= 4 is 11.7 Å². The number of piperidine rings is 1. The minimum Gasteiger partial charge on any atom is -0.481 e. The topological polar surface area (TPSA) is 138 Å². The van der Waals surface area contributed by atoms with Gasteiger partial charge in [0.05, 0.1) is 17.3 Å². The number of hydrogen-bond acceptors (Lipinski definition) is 8. The second-order valence-electron chi connectivity index (χ2n) is 10.7. The molecule has 1 N–H and O–H groups in total. The molecule has 1 fully saturated rings. The van der Waals surface area contributed by atoms with Crippen LogP contribution in [-0.2, 0) is 52.8 Å². The summed E-state index contributed by atoms with van der Waals surface area (Å²) in [6.45, 7) is 1.53. The van der Waals surface area contributed by atoms with Crippen molar-refractivity contribution in [3.8, 4) is 34.7 Å². The van der Waals surface area contributed by atoms with Gasteiger partial charge in [0.2, 0.25) is 0 Å². The maximum Gasteiger partial charge on any atom is 0.306 e. The number of aryl methyl sites for hydroxylation is 4. The minimum absolute atomic E-state index is 0. The Bertz CT molecular complexity index is 1660. The molecule has 0 aliphatic carbocycles. The van der Waals surface area contributed by atoms with Gasteiger partial charge in [-0.15, -0.1) is 0 Å². The van der Waals surface area contributed by atoms with Gasteiger partial charge in [0, 0.05) is 129 Å². The van der Waals surface area contributed by atoms with E-state index in [1.54, 1.807) is 37.2 Å². The van der Waals surface area contributed by atoms with Crippen LogP contribution in [0.3, 0.4) is 0 Å². The van der Waals surface area contributed by atoms with E-state index < -0.39 is 5.97 Å². The van der Waals surface area contributed by atoms with Gasteiger partial charge in [0.1, 0.15) is 0 Å². The molecule has 13 nitrogen and oxygen atoms in total. The Morgan fingerprint density at radius 3 is 1.46 bits per heavy atom. The number of pyridine rings is 2. The number of aromatic nitrogens is 10. The Balaban J connectivity index is 0.000000165. The van der Waals surface area contributed by atoms with Crippen LogP contribution in [0.15, 0.2) is 92.3 Å². The van der Waals surface area contributed by atoms with Gasteiger partial charge in [0.15, 0.2) is 23.3 Å². The summed E-state index contributed by atoms with van der Waals surface area (Å²) in [5.41, 5.74) is 2.77. The molecule has 0 saturated carbocycles. The van der Waals surface area contributed by atoms with Crippen molar-refractivity contribution in [2.75, 3.05) is 18.0 Å². The summed E-state index contributed by atoms with van der Waals surface area (Å²) in [6, 6.07) is 9.73. The van der Waals surface area contributed by atoms with Gasteiger partial charge in [-0.3, -0.25) is 14.8 Å². The number of aliphatic carboxylic acids is 1. The van der Waals surface area contributed by atoms with Crippen LogP contribution in [0.4, 0.5) is 5.69 Å². The smallest absolute Gasteiger partial charge is 0.306 e. The zero-order valence-corrected chi connectivity index (χ0v) is 28.7. The van der Waals surface area contributed by atoms with E-state index in [0.29, 0.717) is 12.8 Å². The predicted octanol–water partition coefficient (Wildman–Crippen LogP) is 4.08. The molecule has 14 heteroatoms. The molecule has 0 atom stereocenters. The van der Waals surface area contributed by atoms with Crippen LogP contribution in [0, 0.1) is 5.92 Å². The molecule has 240 valence electrons. The van der Waals surface area contributed by atoms with Gasteiger partial charge in [-0.1, -0.05) is 6.07 Å². The number of imidazole rings is 4. The van der Waals surface area contributed by atoms with Crippen LogP contribution in [0.25, 0.3) is 34.7 Å². The summed E-state index contributed by atoms with van der Waals surface area (Å²) in [4.78, 5) is 38.7. The first-order chi connectivity index (χ1) is 21.8. The fourth-order valence-electron chi connectivity index (χ4n) is 4.98. The molecule has 6 aromatic rings. The first kappa shape index (κ1) is 33.9. The van der Waals surface area contributed by atoms with E-state index in [9.17, 15) is 4.79 Å². The number of carbonyl (C=O) groups is 1. The summed E-state index contributed by atoms with van der Waals surface area (Å²) in [6.07, 6.45) is 19.6. The zero-order valence-electron chi connectivity index (χ0n) is 26.2. The maximum absolute atomic E-state index is 11.0. The first-order valence-electron chi connectivity index (χ1n) is 14.6. The second kappa shape index (κ2) is 15.9. The first-order valence-corrected chi connectivity index (χ1v) is 14.6. The molecule has 1 aliphatic rings. The maximum atomic E-state index is 11.0. The summed E-state index contributed by atoms with van der Waals surface area (Å²) >= 11 is 0. The van der Waals surface area contributed by atoms with Gasteiger partial charge in [-0.2, -0.15) is 0 Å². The van der Waals surface area contributed by atoms with Gasteiger partial charge < -0.3 is 28.3 Å². The van der Waals surface area contributed by atoms with Crippen LogP contribution in [0.2, 0.25) is 0 Å². The number of carboxylic acids is 1. The number of hydrogen-bond donors (Lipinski definition) is 1. The Labute approximate surface area is 280 Å². The van der Waals surface area contributed by atoms with Gasteiger partial charge in [-0.25, -0.2) is 19.9 Å². The van der Waals surface area contributed by atoms with Crippen molar-refractivity contribution in [2.45, 2.75) is 12.8 Å². The van der Waals surface area contributed by atoms with Gasteiger partial charge in [0.25, 0.3) is 0 Å². The van der Waals surface area contributed by atoms with Crippen LogP contribution in [0.1, 0.15) is 12.8 Å². The molecule has 7 rings (SSSR count). The molecule has 0 unspecified atom stereocenters. The van der Waals surface area contributed by atoms with E-state index in [0.717, 1.165) is 53.5 Å². The molecular weight excluding hydrogens is 761 g/mol. The van der Waals surface area contributed by atoms with Crippen LogP contribution in [-0.4, -0.2) is 72.3 Å². The molecule has 1 aliphatic heterocycles. The Kier molecular flexibility index (Phi) is 11.7. The molecule has 0 spiro atoms. The van der Waals surface area contributed by atoms with E-state index in [4.69, 9.17) is 5.11 Å². The normalized spacial score (nSPS) is 12.7. The fraction of sp³-hybridized carbons (Fsp3) is 0.281. The predicted molar refractivity (Wildman–Crippen MR) is 171 cm³/mol. The van der Waals surface area contributed by atoms with Crippen molar-refractivity contribution in [2.24, 2.45) is 34.1 Å². The molecular formula is C32H37N11O2Os. The van der Waals surface area contributed by atoms with Crippen molar-refractivity contribution in [1.82, 2.24) is 48.2 Å². The monoisotopic (exact) mass is 799 g/mol. The Hall–Kier alpha value is -4.95. The third-order valence-corrected chi connectivity index (χ3v) is 7.56. The van der Waals surface area contributed by atoms with Gasteiger partial charge >= 0.3 is 5.97 Å². The molecule has 0 bridgehead atoms. The van der Waals surface area contributed by atoms with Crippen molar-refractivity contribution in [3.63, 3.8) is 0 Å². The standard InChI is InChI=1S/C16H17N3O2.2C8H10N4.Os/c20-16(21)12-5-9-19(10-6-12)13-4-8-18-15(11-13)14-3-1-2-7-17-14;2*1-11-5-3-9-7(11)8-10-4-6-12(8)2;/h1-4,7-8,11-12H,5-6,9-10H2,(H,20,21);2*3-6H,1-2H3;. The quantitative estimate of drug-likeness (QED) is 0.274. The van der Waals surface area contributed by atoms with E-state index in [1.807, 2.05) is 102 Å².